The molecule has 0 bridgehead atoms. The van der Waals surface area contributed by atoms with Crippen LogP contribution in [0.15, 0.2) is 225 Å². The Bertz CT molecular complexity index is 2440. The molecular weight excluding hydrogens is 689 g/mol. The first-order valence-electron chi connectivity index (χ1n) is 19.8. The standard InChI is InChI=1S/C51H44N2.C2H6.C2H4/c1-4-6-8-12-20-39-31-45(40-21-13-9-14-22-40)34-47(32-39)52-50-37-46(36-49(50)38(3)19-11-7-5-2)43-27-29-51-44(33-43)25-15-10-18-30-53(51)48-28-26-41-23-16-17-24-42(41)35-48;2*1-2/h4-14,16-24,26-29,31-36,52H,1,3,15,25,30H2,2H3;1-2H3;1-2H2/b7-5-,8-6-,18-10-,19-11-,20-12?;;. The topological polar surface area (TPSA) is 15.3 Å². The third-order valence-electron chi connectivity index (χ3n) is 9.50. The second-order valence-electron chi connectivity index (χ2n) is 13.2. The maximum absolute atomic E-state index is 4.48. The Kier molecular flexibility index (Phi) is 15.4. The lowest BCUT2D eigenvalue weighted by atomic mass is 9.97. The molecule has 7 rings (SSSR count). The molecule has 0 saturated carbocycles. The Hall–Kier alpha value is -6.86. The fourth-order valence-electron chi connectivity index (χ4n) is 6.85. The molecule has 1 N–H and O–H groups in total. The van der Waals surface area contributed by atoms with Crippen molar-refractivity contribution in [1.82, 2.24) is 0 Å². The first-order valence-corrected chi connectivity index (χ1v) is 19.8. The lowest BCUT2D eigenvalue weighted by molar-refractivity contribution is 0.948. The van der Waals surface area contributed by atoms with Crippen molar-refractivity contribution in [2.45, 2.75) is 33.6 Å². The summed E-state index contributed by atoms with van der Waals surface area (Å²) in [5, 5.41) is 6.26. The zero-order valence-electron chi connectivity index (χ0n) is 33.7. The Labute approximate surface area is 341 Å². The van der Waals surface area contributed by atoms with Gasteiger partial charge in [0.25, 0.3) is 0 Å². The Morgan fingerprint density at radius 3 is 2.32 bits per heavy atom. The molecule has 0 spiro atoms. The number of nitrogens with one attached hydrogen (secondary N) is 1. The van der Waals surface area contributed by atoms with Gasteiger partial charge in [-0.3, -0.25) is 0 Å². The summed E-state index contributed by atoms with van der Waals surface area (Å²) in [6, 6.07) is 39.3. The van der Waals surface area contributed by atoms with E-state index in [1.807, 2.05) is 63.3 Å². The third-order valence-corrected chi connectivity index (χ3v) is 9.50. The van der Waals surface area contributed by atoms with Crippen molar-refractivity contribution in [3.63, 3.8) is 0 Å². The van der Waals surface area contributed by atoms with E-state index in [4.69, 9.17) is 0 Å². The van der Waals surface area contributed by atoms with Gasteiger partial charge in [-0.25, -0.2) is 0 Å². The van der Waals surface area contributed by atoms with Crippen molar-refractivity contribution in [2.24, 2.45) is 0 Å². The lowest BCUT2D eigenvalue weighted by Gasteiger charge is -2.28. The van der Waals surface area contributed by atoms with E-state index in [-0.39, 0.29) is 0 Å². The summed E-state index contributed by atoms with van der Waals surface area (Å²) in [6.07, 6.45) is 26.8. The van der Waals surface area contributed by atoms with Crippen molar-refractivity contribution in [2.75, 3.05) is 16.8 Å². The average Bonchev–Trinajstić information content (AvgIpc) is 3.68. The van der Waals surface area contributed by atoms with Gasteiger partial charge in [-0.05, 0) is 112 Å². The third kappa shape index (κ3) is 10.7. The highest BCUT2D eigenvalue weighted by molar-refractivity contribution is 5.88. The number of anilines is 3. The van der Waals surface area contributed by atoms with Gasteiger partial charge >= 0.3 is 0 Å². The van der Waals surface area contributed by atoms with Crippen LogP contribution in [0.5, 0.6) is 0 Å². The minimum Gasteiger partial charge on any atom is -0.349 e. The van der Waals surface area contributed by atoms with E-state index in [1.165, 1.54) is 27.7 Å². The van der Waals surface area contributed by atoms with Crippen molar-refractivity contribution < 1.29 is 0 Å². The van der Waals surface area contributed by atoms with Crippen LogP contribution in [-0.2, 0) is 6.42 Å². The predicted octanol–water partition coefficient (Wildman–Crippen LogP) is 15.3. The zero-order valence-corrected chi connectivity index (χ0v) is 33.7. The van der Waals surface area contributed by atoms with Gasteiger partial charge in [-0.2, -0.15) is 0 Å². The van der Waals surface area contributed by atoms with E-state index >= 15 is 0 Å². The molecular formula is C55H54N2. The molecule has 284 valence electrons. The maximum atomic E-state index is 4.48. The minimum absolute atomic E-state index is 0.827. The smallest absolute Gasteiger partial charge is 0.0904 e. The van der Waals surface area contributed by atoms with E-state index in [0.29, 0.717) is 0 Å². The number of rotatable bonds is 11. The summed E-state index contributed by atoms with van der Waals surface area (Å²) in [7, 11) is 0. The zero-order chi connectivity index (χ0) is 40.4. The van der Waals surface area contributed by atoms with Gasteiger partial charge in [0.1, 0.15) is 0 Å². The van der Waals surface area contributed by atoms with Crippen LogP contribution in [0.2, 0.25) is 0 Å². The molecule has 5 aromatic rings. The highest BCUT2D eigenvalue weighted by Crippen LogP contribution is 2.37. The molecule has 1 aliphatic carbocycles. The number of nitrogens with zero attached hydrogens (tertiary/aromatic N) is 1. The van der Waals surface area contributed by atoms with E-state index < -0.39 is 0 Å². The molecule has 0 saturated heterocycles. The van der Waals surface area contributed by atoms with Crippen LogP contribution in [0.25, 0.3) is 33.5 Å². The van der Waals surface area contributed by atoms with Crippen LogP contribution in [0.3, 0.4) is 0 Å². The van der Waals surface area contributed by atoms with Gasteiger partial charge in [0.15, 0.2) is 0 Å². The van der Waals surface area contributed by atoms with Crippen molar-refractivity contribution in [3.05, 3.63) is 242 Å². The van der Waals surface area contributed by atoms with Crippen LogP contribution in [0, 0.1) is 0 Å². The molecule has 2 aliphatic rings. The van der Waals surface area contributed by atoms with Crippen LogP contribution in [0.4, 0.5) is 17.1 Å². The number of hydrogen-bond donors (Lipinski definition) is 1. The van der Waals surface area contributed by atoms with Crippen molar-refractivity contribution >= 4 is 39.5 Å². The number of fused-ring (bicyclic) bond motifs is 2. The largest absolute Gasteiger partial charge is 0.349 e. The molecule has 0 atom stereocenters. The fourth-order valence-corrected chi connectivity index (χ4v) is 6.85. The summed E-state index contributed by atoms with van der Waals surface area (Å²) in [6.45, 7) is 21.1. The monoisotopic (exact) mass is 742 g/mol. The molecule has 0 aromatic heterocycles. The van der Waals surface area contributed by atoms with E-state index in [2.05, 4.69) is 176 Å². The molecule has 0 unspecified atom stereocenters. The Balaban J connectivity index is 0.00000150. The number of allylic oxidation sites excluding steroid dienone is 11. The Morgan fingerprint density at radius 1 is 0.737 bits per heavy atom. The first kappa shape index (κ1) is 41.3. The second-order valence-corrected chi connectivity index (χ2v) is 13.2. The molecule has 1 aliphatic heterocycles. The van der Waals surface area contributed by atoms with Crippen molar-refractivity contribution in [1.29, 1.82) is 0 Å². The summed E-state index contributed by atoms with van der Waals surface area (Å²) in [5.74, 6) is 0. The molecule has 1 heterocycles. The van der Waals surface area contributed by atoms with Gasteiger partial charge < -0.3 is 10.2 Å². The number of benzene rings is 5. The molecule has 2 heteroatoms. The summed E-state index contributed by atoms with van der Waals surface area (Å²) < 4.78 is 0. The van der Waals surface area contributed by atoms with Gasteiger partial charge in [-0.1, -0.05) is 166 Å². The van der Waals surface area contributed by atoms with E-state index in [1.54, 1.807) is 6.08 Å². The highest BCUT2D eigenvalue weighted by atomic mass is 15.1. The van der Waals surface area contributed by atoms with E-state index in [0.717, 1.165) is 69.7 Å². The van der Waals surface area contributed by atoms with Gasteiger partial charge in [-0.15, -0.1) is 13.2 Å². The maximum Gasteiger partial charge on any atom is 0.0904 e. The van der Waals surface area contributed by atoms with Crippen molar-refractivity contribution in [3.8, 4) is 11.1 Å². The number of hydrogen-bond acceptors (Lipinski definition) is 2. The molecule has 5 aromatic carbocycles. The second kappa shape index (κ2) is 21.3. The molecule has 0 radical (unpaired) electrons. The van der Waals surface area contributed by atoms with Crippen LogP contribution in [0.1, 0.15) is 43.9 Å². The predicted molar refractivity (Wildman–Crippen MR) is 253 cm³/mol. The lowest BCUT2D eigenvalue weighted by Crippen LogP contribution is -2.19. The minimum atomic E-state index is 0.827. The van der Waals surface area contributed by atoms with E-state index in [9.17, 15) is 0 Å². The van der Waals surface area contributed by atoms with Gasteiger partial charge in [0.2, 0.25) is 0 Å². The highest BCUT2D eigenvalue weighted by Gasteiger charge is 2.20. The molecule has 0 fully saturated rings. The Morgan fingerprint density at radius 2 is 1.53 bits per heavy atom. The summed E-state index contributed by atoms with van der Waals surface area (Å²) in [4.78, 5) is 2.43. The SMILES string of the molecule is C=C.C=C/C=C\C=Cc1cc(NC2=C=C(c3ccc4c(c3)CC/C=C\CN4c3ccc4ccccc4c3)C=C2C(=C)/C=C\C=C/C)cc(-c2ccccc2)c1.CC. The number of aryl methyl sites for hydroxylation is 1. The molecule has 57 heavy (non-hydrogen) atoms. The van der Waals surface area contributed by atoms with Crippen LogP contribution in [-0.4, -0.2) is 6.54 Å². The molecule has 0 amide bonds. The first-order chi connectivity index (χ1) is 28.1. The molecule has 2 nitrogen and oxygen atoms in total. The summed E-state index contributed by atoms with van der Waals surface area (Å²) >= 11 is 0. The quantitative estimate of drug-likeness (QED) is 0.0823. The van der Waals surface area contributed by atoms with Gasteiger partial charge in [0.05, 0.1) is 5.70 Å². The fraction of sp³-hybridized carbons (Fsp3) is 0.109. The van der Waals surface area contributed by atoms with Crippen LogP contribution < -0.4 is 10.2 Å². The van der Waals surface area contributed by atoms with Crippen LogP contribution >= 0.6 is 0 Å². The normalized spacial score (nSPS) is 14.2. The summed E-state index contributed by atoms with van der Waals surface area (Å²) in [5.41, 5.74) is 16.9. The van der Waals surface area contributed by atoms with Gasteiger partial charge in [0, 0.05) is 34.8 Å². The average molecular weight is 743 g/mol.